The van der Waals surface area contributed by atoms with Crippen LogP contribution >= 0.6 is 0 Å². The number of carbonyl (C=O) groups excluding carboxylic acids is 1. The number of rotatable bonds is 3. The number of hydrogen-bond acceptors (Lipinski definition) is 4. The van der Waals surface area contributed by atoms with E-state index in [2.05, 4.69) is 33.4 Å². The van der Waals surface area contributed by atoms with Gasteiger partial charge in [0.25, 0.3) is 5.91 Å². The van der Waals surface area contributed by atoms with Crippen LogP contribution in [0.25, 0.3) is 10.9 Å². The fraction of sp³-hybridized carbons (Fsp3) is 0.381. The number of benzene rings is 1. The molecule has 1 aromatic carbocycles. The largest absolute Gasteiger partial charge is 0.307 e. The topological polar surface area (TPSA) is 63.1 Å². The summed E-state index contributed by atoms with van der Waals surface area (Å²) in [5.41, 5.74) is 3.39. The molecule has 1 saturated heterocycles. The molecule has 27 heavy (non-hydrogen) atoms. The van der Waals surface area contributed by atoms with E-state index in [1.807, 2.05) is 42.8 Å². The average Bonchev–Trinajstić information content (AvgIpc) is 3.10. The van der Waals surface area contributed by atoms with E-state index in [0.29, 0.717) is 11.6 Å². The number of nitrogens with one attached hydrogen (secondary N) is 1. The summed E-state index contributed by atoms with van der Waals surface area (Å²) in [6.07, 6.45) is 3.83. The Labute approximate surface area is 159 Å². The highest BCUT2D eigenvalue weighted by molar-refractivity contribution is 6.06. The van der Waals surface area contributed by atoms with Gasteiger partial charge in [-0.2, -0.15) is 5.10 Å². The highest BCUT2D eigenvalue weighted by Crippen LogP contribution is 2.25. The molecule has 3 heterocycles. The van der Waals surface area contributed by atoms with Crippen molar-refractivity contribution in [3.63, 3.8) is 0 Å². The van der Waals surface area contributed by atoms with E-state index in [1.165, 1.54) is 0 Å². The third-order valence-corrected chi connectivity index (χ3v) is 5.35. The second-order valence-corrected chi connectivity index (χ2v) is 7.47. The maximum atomic E-state index is 12.9. The molecule has 0 spiro atoms. The van der Waals surface area contributed by atoms with Crippen LogP contribution in [0.1, 0.15) is 40.5 Å². The number of aromatic nitrogens is 3. The predicted molar refractivity (Wildman–Crippen MR) is 107 cm³/mol. The molecule has 3 aromatic rings. The minimum absolute atomic E-state index is 0.141. The molecule has 4 rings (SSSR count). The maximum absolute atomic E-state index is 12.9. The van der Waals surface area contributed by atoms with Crippen molar-refractivity contribution >= 4 is 22.6 Å². The Morgan fingerprint density at radius 3 is 2.70 bits per heavy atom. The number of aryl methyl sites for hydroxylation is 2. The molecule has 0 atom stereocenters. The van der Waals surface area contributed by atoms with E-state index in [-0.39, 0.29) is 5.91 Å². The number of anilines is 1. The molecule has 0 saturated carbocycles. The van der Waals surface area contributed by atoms with Crippen LogP contribution in [0.5, 0.6) is 0 Å². The van der Waals surface area contributed by atoms with Crippen LogP contribution < -0.4 is 5.32 Å². The lowest BCUT2D eigenvalue weighted by Gasteiger charge is -2.30. The van der Waals surface area contributed by atoms with Crippen molar-refractivity contribution in [3.05, 3.63) is 53.3 Å². The molecule has 6 heteroatoms. The van der Waals surface area contributed by atoms with E-state index < -0.39 is 0 Å². The molecule has 2 aromatic heterocycles. The Hall–Kier alpha value is -2.73. The van der Waals surface area contributed by atoms with E-state index >= 15 is 0 Å². The molecule has 0 radical (unpaired) electrons. The molecule has 140 valence electrons. The van der Waals surface area contributed by atoms with Crippen molar-refractivity contribution in [1.82, 2.24) is 19.7 Å². The van der Waals surface area contributed by atoms with Gasteiger partial charge in [0.15, 0.2) is 0 Å². The van der Waals surface area contributed by atoms with Gasteiger partial charge in [-0.05, 0) is 65.0 Å². The Kier molecular flexibility index (Phi) is 4.66. The molecular formula is C21H25N5O. The normalized spacial score (nSPS) is 16.0. The SMILES string of the molecule is Cc1ccc2nc(C)c(C(=O)Nc3ccnn3C3CCN(C)CC3)cc2c1. The summed E-state index contributed by atoms with van der Waals surface area (Å²) < 4.78 is 1.96. The molecule has 0 aliphatic carbocycles. The Bertz CT molecular complexity index is 985. The van der Waals surface area contributed by atoms with E-state index in [4.69, 9.17) is 0 Å². The van der Waals surface area contributed by atoms with Gasteiger partial charge in [0.05, 0.1) is 29.0 Å². The number of amides is 1. The van der Waals surface area contributed by atoms with Crippen molar-refractivity contribution in [3.8, 4) is 0 Å². The zero-order valence-corrected chi connectivity index (χ0v) is 16.1. The lowest BCUT2D eigenvalue weighted by atomic mass is 10.1. The minimum atomic E-state index is -0.141. The molecule has 1 aliphatic rings. The van der Waals surface area contributed by atoms with Gasteiger partial charge in [-0.25, -0.2) is 4.68 Å². The number of carbonyl (C=O) groups is 1. The Morgan fingerprint density at radius 2 is 1.93 bits per heavy atom. The lowest BCUT2D eigenvalue weighted by molar-refractivity contribution is 0.102. The van der Waals surface area contributed by atoms with Crippen molar-refractivity contribution < 1.29 is 4.79 Å². The number of nitrogens with zero attached hydrogens (tertiary/aromatic N) is 4. The van der Waals surface area contributed by atoms with Gasteiger partial charge >= 0.3 is 0 Å². The van der Waals surface area contributed by atoms with Crippen LogP contribution in [0.3, 0.4) is 0 Å². The van der Waals surface area contributed by atoms with Gasteiger partial charge in [0.2, 0.25) is 0 Å². The van der Waals surface area contributed by atoms with E-state index in [9.17, 15) is 4.79 Å². The van der Waals surface area contributed by atoms with Gasteiger partial charge in [0, 0.05) is 11.5 Å². The third-order valence-electron chi connectivity index (χ3n) is 5.35. The first kappa shape index (κ1) is 17.7. The van der Waals surface area contributed by atoms with Crippen LogP contribution in [0.4, 0.5) is 5.82 Å². The summed E-state index contributed by atoms with van der Waals surface area (Å²) in [4.78, 5) is 19.9. The zero-order chi connectivity index (χ0) is 19.0. The highest BCUT2D eigenvalue weighted by atomic mass is 16.1. The summed E-state index contributed by atoms with van der Waals surface area (Å²) in [5, 5.41) is 8.49. The molecule has 1 fully saturated rings. The maximum Gasteiger partial charge on any atom is 0.258 e. The van der Waals surface area contributed by atoms with Crippen molar-refractivity contribution in [1.29, 1.82) is 0 Å². The summed E-state index contributed by atoms with van der Waals surface area (Å²) >= 11 is 0. The number of pyridine rings is 1. The smallest absolute Gasteiger partial charge is 0.258 e. The zero-order valence-electron chi connectivity index (χ0n) is 16.1. The van der Waals surface area contributed by atoms with Gasteiger partial charge in [-0.3, -0.25) is 9.78 Å². The molecule has 0 bridgehead atoms. The lowest BCUT2D eigenvalue weighted by Crippen LogP contribution is -2.32. The first-order valence-electron chi connectivity index (χ1n) is 9.42. The molecule has 6 nitrogen and oxygen atoms in total. The highest BCUT2D eigenvalue weighted by Gasteiger charge is 2.22. The predicted octanol–water partition coefficient (Wildman–Crippen LogP) is 3.57. The molecule has 1 amide bonds. The fourth-order valence-electron chi connectivity index (χ4n) is 3.75. The first-order valence-corrected chi connectivity index (χ1v) is 9.42. The van der Waals surface area contributed by atoms with Crippen LogP contribution in [0.2, 0.25) is 0 Å². The minimum Gasteiger partial charge on any atom is -0.307 e. The number of fused-ring (bicyclic) bond motifs is 1. The van der Waals surface area contributed by atoms with Crippen LogP contribution in [0, 0.1) is 13.8 Å². The van der Waals surface area contributed by atoms with Gasteiger partial charge < -0.3 is 10.2 Å². The molecule has 0 unspecified atom stereocenters. The number of hydrogen-bond donors (Lipinski definition) is 1. The molecule has 1 N–H and O–H groups in total. The van der Waals surface area contributed by atoms with E-state index in [0.717, 1.165) is 53.9 Å². The second kappa shape index (κ2) is 7.12. The Balaban J connectivity index is 1.59. The standard InChI is InChI=1S/C21H25N5O/c1-14-4-5-19-16(12-14)13-18(15(2)23-19)21(27)24-20-6-9-22-26(20)17-7-10-25(3)11-8-17/h4-6,9,12-13,17H,7-8,10-11H2,1-3H3,(H,24,27). The first-order chi connectivity index (χ1) is 13.0. The number of piperidine rings is 1. The summed E-state index contributed by atoms with van der Waals surface area (Å²) in [6, 6.07) is 10.2. The Morgan fingerprint density at radius 1 is 1.15 bits per heavy atom. The van der Waals surface area contributed by atoms with Crippen molar-refractivity contribution in [2.45, 2.75) is 32.7 Å². The summed E-state index contributed by atoms with van der Waals surface area (Å²) in [6.45, 7) is 6.01. The number of likely N-dealkylation sites (tertiary alicyclic amines) is 1. The van der Waals surface area contributed by atoms with Gasteiger partial charge in [-0.1, -0.05) is 11.6 Å². The van der Waals surface area contributed by atoms with Crippen molar-refractivity contribution in [2.75, 3.05) is 25.5 Å². The summed E-state index contributed by atoms with van der Waals surface area (Å²) in [5.74, 6) is 0.608. The van der Waals surface area contributed by atoms with Gasteiger partial charge in [-0.15, -0.1) is 0 Å². The van der Waals surface area contributed by atoms with Crippen molar-refractivity contribution in [2.24, 2.45) is 0 Å². The molecule has 1 aliphatic heterocycles. The second-order valence-electron chi connectivity index (χ2n) is 7.47. The molecular weight excluding hydrogens is 338 g/mol. The summed E-state index contributed by atoms with van der Waals surface area (Å²) in [7, 11) is 2.14. The van der Waals surface area contributed by atoms with Gasteiger partial charge in [0.1, 0.15) is 5.82 Å². The van der Waals surface area contributed by atoms with Crippen LogP contribution in [-0.4, -0.2) is 45.7 Å². The third kappa shape index (κ3) is 3.57. The average molecular weight is 363 g/mol. The monoisotopic (exact) mass is 363 g/mol. The fourth-order valence-corrected chi connectivity index (χ4v) is 3.75. The quantitative estimate of drug-likeness (QED) is 0.773. The van der Waals surface area contributed by atoms with Crippen LogP contribution in [-0.2, 0) is 0 Å². The van der Waals surface area contributed by atoms with Crippen LogP contribution in [0.15, 0.2) is 36.5 Å². The van der Waals surface area contributed by atoms with E-state index in [1.54, 1.807) is 6.20 Å².